The molecule has 3 aromatic rings. The second-order valence-corrected chi connectivity index (χ2v) is 9.52. The molecule has 0 spiro atoms. The zero-order valence-corrected chi connectivity index (χ0v) is 20.9. The first-order chi connectivity index (χ1) is 17.1. The minimum atomic E-state index is 0.458. The molecule has 4 heterocycles. The number of piperidine rings is 1. The molecule has 2 aliphatic heterocycles. The van der Waals surface area contributed by atoms with Gasteiger partial charge in [-0.2, -0.15) is 9.97 Å². The number of furan rings is 1. The first-order valence-electron chi connectivity index (χ1n) is 12.3. The number of hydrogen-bond donors (Lipinski definition) is 2. The number of rotatable bonds is 6. The predicted molar refractivity (Wildman–Crippen MR) is 143 cm³/mol. The third-order valence-corrected chi connectivity index (χ3v) is 6.76. The van der Waals surface area contributed by atoms with E-state index in [4.69, 9.17) is 31.3 Å². The van der Waals surface area contributed by atoms with Crippen LogP contribution in [0.5, 0.6) is 0 Å². The number of ether oxygens (including phenoxy) is 1. The van der Waals surface area contributed by atoms with Gasteiger partial charge in [0, 0.05) is 37.8 Å². The second-order valence-electron chi connectivity index (χ2n) is 9.12. The van der Waals surface area contributed by atoms with E-state index in [0.29, 0.717) is 30.8 Å². The van der Waals surface area contributed by atoms with Crippen LogP contribution in [0.1, 0.15) is 25.5 Å². The van der Waals surface area contributed by atoms with Crippen LogP contribution in [0.2, 0.25) is 0 Å². The minimum absolute atomic E-state index is 0.458. The number of anilines is 3. The van der Waals surface area contributed by atoms with E-state index in [9.17, 15) is 0 Å². The van der Waals surface area contributed by atoms with Gasteiger partial charge in [0.05, 0.1) is 19.8 Å². The first kappa shape index (κ1) is 23.6. The molecule has 0 unspecified atom stereocenters. The van der Waals surface area contributed by atoms with Crippen molar-refractivity contribution in [3.05, 3.63) is 54.3 Å². The molecule has 0 aliphatic carbocycles. The van der Waals surface area contributed by atoms with E-state index in [2.05, 4.69) is 33.4 Å². The summed E-state index contributed by atoms with van der Waals surface area (Å²) in [7, 11) is 0. The fraction of sp³-hybridized carbons (Fsp3) is 0.423. The molecular formula is C26H32N6O2S. The van der Waals surface area contributed by atoms with Gasteiger partial charge in [0.15, 0.2) is 5.11 Å². The maximum absolute atomic E-state index is 5.97. The van der Waals surface area contributed by atoms with Crippen LogP contribution < -0.4 is 20.4 Å². The van der Waals surface area contributed by atoms with Gasteiger partial charge in [-0.3, -0.25) is 0 Å². The van der Waals surface area contributed by atoms with E-state index < -0.39 is 0 Å². The van der Waals surface area contributed by atoms with Crippen molar-refractivity contribution in [3.63, 3.8) is 0 Å². The molecule has 1 aromatic carbocycles. The number of nitrogens with one attached hydrogen (secondary N) is 2. The summed E-state index contributed by atoms with van der Waals surface area (Å²) in [4.78, 5) is 14.2. The molecule has 0 amide bonds. The number of nitrogens with zero attached hydrogens (tertiary/aromatic N) is 4. The van der Waals surface area contributed by atoms with Crippen molar-refractivity contribution in [2.45, 2.75) is 26.3 Å². The standard InChI is InChI=1S/C26H32N6O2S/c1-19-9-11-31(12-10-19)23-17-24(32-13-15-33-16-14-32)29-25(28-23)30-26(35)27-18-21-7-8-22(34-21)20-5-3-2-4-6-20/h2-8,17,19H,9-16,18H2,1H3,(H2,27,28,29,30,35). The highest BCUT2D eigenvalue weighted by molar-refractivity contribution is 7.80. The molecule has 0 bridgehead atoms. The Morgan fingerprint density at radius 2 is 1.66 bits per heavy atom. The molecule has 9 heteroatoms. The SMILES string of the molecule is CC1CCN(c2cc(N3CCOCC3)nc(NC(=S)NCc3ccc(-c4ccccc4)o3)n2)CC1. The molecule has 2 aliphatic rings. The Morgan fingerprint density at radius 3 is 2.37 bits per heavy atom. The van der Waals surface area contributed by atoms with Crippen LogP contribution in [0, 0.1) is 5.92 Å². The van der Waals surface area contributed by atoms with Crippen molar-refractivity contribution in [1.29, 1.82) is 0 Å². The maximum Gasteiger partial charge on any atom is 0.232 e. The molecular weight excluding hydrogens is 460 g/mol. The van der Waals surface area contributed by atoms with Gasteiger partial charge in [-0.1, -0.05) is 37.3 Å². The summed E-state index contributed by atoms with van der Waals surface area (Å²) in [5.74, 6) is 4.75. The van der Waals surface area contributed by atoms with Crippen LogP contribution in [-0.2, 0) is 11.3 Å². The quantitative estimate of drug-likeness (QED) is 0.490. The fourth-order valence-electron chi connectivity index (χ4n) is 4.38. The monoisotopic (exact) mass is 492 g/mol. The Hall–Kier alpha value is -3.17. The van der Waals surface area contributed by atoms with Gasteiger partial charge in [0.25, 0.3) is 0 Å². The van der Waals surface area contributed by atoms with E-state index in [-0.39, 0.29) is 0 Å². The van der Waals surface area contributed by atoms with Crippen molar-refractivity contribution in [3.8, 4) is 11.3 Å². The molecule has 2 saturated heterocycles. The van der Waals surface area contributed by atoms with E-state index in [0.717, 1.165) is 60.8 Å². The molecule has 184 valence electrons. The van der Waals surface area contributed by atoms with Crippen molar-refractivity contribution < 1.29 is 9.15 Å². The Balaban J connectivity index is 1.26. The lowest BCUT2D eigenvalue weighted by Crippen LogP contribution is -2.38. The largest absolute Gasteiger partial charge is 0.459 e. The highest BCUT2D eigenvalue weighted by Crippen LogP contribution is 2.26. The summed E-state index contributed by atoms with van der Waals surface area (Å²) in [5.41, 5.74) is 1.05. The number of thiocarbonyl (C=S) groups is 1. The Kier molecular flexibility index (Phi) is 7.44. The van der Waals surface area contributed by atoms with E-state index in [1.807, 2.05) is 42.5 Å². The first-order valence-corrected chi connectivity index (χ1v) is 12.7. The predicted octanol–water partition coefficient (Wildman–Crippen LogP) is 4.30. The number of hydrogen-bond acceptors (Lipinski definition) is 7. The van der Waals surface area contributed by atoms with Crippen LogP contribution in [-0.4, -0.2) is 54.5 Å². The lowest BCUT2D eigenvalue weighted by Gasteiger charge is -2.33. The zero-order chi connectivity index (χ0) is 24.0. The molecule has 35 heavy (non-hydrogen) atoms. The van der Waals surface area contributed by atoms with Crippen molar-refractivity contribution >= 4 is 34.9 Å². The fourth-order valence-corrected chi connectivity index (χ4v) is 4.54. The highest BCUT2D eigenvalue weighted by Gasteiger charge is 2.21. The number of morpholine rings is 1. The van der Waals surface area contributed by atoms with Gasteiger partial charge >= 0.3 is 0 Å². The summed E-state index contributed by atoms with van der Waals surface area (Å²) < 4.78 is 11.5. The second kappa shape index (κ2) is 11.0. The smallest absolute Gasteiger partial charge is 0.232 e. The summed E-state index contributed by atoms with van der Waals surface area (Å²) >= 11 is 5.56. The molecule has 8 nitrogen and oxygen atoms in total. The summed E-state index contributed by atoms with van der Waals surface area (Å²) in [6.45, 7) is 7.84. The minimum Gasteiger partial charge on any atom is -0.459 e. The Morgan fingerprint density at radius 1 is 0.971 bits per heavy atom. The molecule has 2 N–H and O–H groups in total. The van der Waals surface area contributed by atoms with Gasteiger partial charge in [0.1, 0.15) is 23.2 Å². The van der Waals surface area contributed by atoms with Gasteiger partial charge < -0.3 is 29.6 Å². The molecule has 0 radical (unpaired) electrons. The topological polar surface area (TPSA) is 78.7 Å². The average molecular weight is 493 g/mol. The average Bonchev–Trinajstić information content (AvgIpc) is 3.38. The summed E-state index contributed by atoms with van der Waals surface area (Å²) in [6.07, 6.45) is 2.35. The van der Waals surface area contributed by atoms with E-state index in [1.54, 1.807) is 0 Å². The van der Waals surface area contributed by atoms with Gasteiger partial charge in [-0.15, -0.1) is 0 Å². The van der Waals surface area contributed by atoms with Crippen LogP contribution in [0.25, 0.3) is 11.3 Å². The molecule has 5 rings (SSSR count). The number of aromatic nitrogens is 2. The molecule has 2 fully saturated rings. The molecule has 0 atom stereocenters. The van der Waals surface area contributed by atoms with E-state index >= 15 is 0 Å². The van der Waals surface area contributed by atoms with Crippen molar-refractivity contribution in [2.24, 2.45) is 5.92 Å². The lowest BCUT2D eigenvalue weighted by molar-refractivity contribution is 0.122. The van der Waals surface area contributed by atoms with Gasteiger partial charge in [0.2, 0.25) is 5.95 Å². The third kappa shape index (κ3) is 6.10. The van der Waals surface area contributed by atoms with Crippen molar-refractivity contribution in [1.82, 2.24) is 15.3 Å². The normalized spacial score (nSPS) is 16.8. The zero-order valence-electron chi connectivity index (χ0n) is 20.1. The summed E-state index contributed by atoms with van der Waals surface area (Å²) in [5, 5.41) is 6.86. The van der Waals surface area contributed by atoms with Gasteiger partial charge in [-0.25, -0.2) is 0 Å². The van der Waals surface area contributed by atoms with Crippen molar-refractivity contribution in [2.75, 3.05) is 54.5 Å². The molecule has 2 aromatic heterocycles. The third-order valence-electron chi connectivity index (χ3n) is 6.51. The summed E-state index contributed by atoms with van der Waals surface area (Å²) in [6, 6.07) is 16.1. The van der Waals surface area contributed by atoms with Crippen LogP contribution in [0.3, 0.4) is 0 Å². The van der Waals surface area contributed by atoms with E-state index in [1.165, 1.54) is 12.8 Å². The van der Waals surface area contributed by atoms with Gasteiger partial charge in [-0.05, 0) is 43.1 Å². The van der Waals surface area contributed by atoms with Crippen LogP contribution in [0.15, 0.2) is 52.9 Å². The van der Waals surface area contributed by atoms with Crippen LogP contribution >= 0.6 is 12.2 Å². The maximum atomic E-state index is 5.97. The number of benzene rings is 1. The Bertz CT molecular complexity index is 1120. The molecule has 0 saturated carbocycles. The lowest BCUT2D eigenvalue weighted by atomic mass is 9.99. The Labute approximate surface area is 211 Å². The van der Waals surface area contributed by atoms with Crippen LogP contribution in [0.4, 0.5) is 17.6 Å². The highest BCUT2D eigenvalue weighted by atomic mass is 32.1.